The SMILES string of the molecule is C=CC(=O)NCCCCOc1ccccc1C(=O)OC. The van der Waals surface area contributed by atoms with E-state index in [0.717, 1.165) is 12.8 Å². The van der Waals surface area contributed by atoms with E-state index in [9.17, 15) is 9.59 Å². The van der Waals surface area contributed by atoms with Crippen molar-refractivity contribution >= 4 is 11.9 Å². The summed E-state index contributed by atoms with van der Waals surface area (Å²) in [5.74, 6) is -0.0877. The lowest BCUT2D eigenvalue weighted by molar-refractivity contribution is -0.116. The predicted octanol–water partition coefficient (Wildman–Crippen LogP) is 1.93. The zero-order valence-corrected chi connectivity index (χ0v) is 11.6. The molecular formula is C15H19NO4. The van der Waals surface area contributed by atoms with E-state index in [0.29, 0.717) is 24.5 Å². The average molecular weight is 277 g/mol. The Balaban J connectivity index is 2.33. The maximum Gasteiger partial charge on any atom is 0.341 e. The number of para-hydroxylation sites is 1. The Bertz CT molecular complexity index is 471. The Morgan fingerprint density at radius 1 is 1.30 bits per heavy atom. The molecule has 1 aromatic carbocycles. The molecule has 1 aromatic rings. The zero-order chi connectivity index (χ0) is 14.8. The molecule has 5 heteroatoms. The van der Waals surface area contributed by atoms with Crippen molar-refractivity contribution in [1.82, 2.24) is 5.32 Å². The first kappa shape index (κ1) is 15.8. The topological polar surface area (TPSA) is 64.6 Å². The minimum Gasteiger partial charge on any atom is -0.493 e. The molecule has 5 nitrogen and oxygen atoms in total. The van der Waals surface area contributed by atoms with E-state index < -0.39 is 5.97 Å². The lowest BCUT2D eigenvalue weighted by atomic mass is 10.2. The summed E-state index contributed by atoms with van der Waals surface area (Å²) in [5.41, 5.74) is 0.412. The van der Waals surface area contributed by atoms with Gasteiger partial charge in [-0.05, 0) is 31.1 Å². The Kier molecular flexibility index (Phi) is 6.89. The van der Waals surface area contributed by atoms with Crippen LogP contribution in [0.2, 0.25) is 0 Å². The fourth-order valence-electron chi connectivity index (χ4n) is 1.56. The standard InChI is InChI=1S/C15H19NO4/c1-3-14(17)16-10-6-7-11-20-13-9-5-4-8-12(13)15(18)19-2/h3-5,8-9H,1,6-7,10-11H2,2H3,(H,16,17). The summed E-state index contributed by atoms with van der Waals surface area (Å²) in [4.78, 5) is 22.4. The predicted molar refractivity (Wildman–Crippen MR) is 75.7 cm³/mol. The van der Waals surface area contributed by atoms with E-state index in [4.69, 9.17) is 4.74 Å². The quantitative estimate of drug-likeness (QED) is 0.448. The maximum absolute atomic E-state index is 11.5. The van der Waals surface area contributed by atoms with Gasteiger partial charge in [0.25, 0.3) is 0 Å². The van der Waals surface area contributed by atoms with Crippen LogP contribution in [0.1, 0.15) is 23.2 Å². The molecule has 0 fully saturated rings. The van der Waals surface area contributed by atoms with Crippen molar-refractivity contribution in [3.63, 3.8) is 0 Å². The van der Waals surface area contributed by atoms with Gasteiger partial charge in [-0.2, -0.15) is 0 Å². The van der Waals surface area contributed by atoms with Crippen LogP contribution in [-0.4, -0.2) is 32.1 Å². The molecular weight excluding hydrogens is 258 g/mol. The van der Waals surface area contributed by atoms with Gasteiger partial charge in [-0.3, -0.25) is 4.79 Å². The van der Waals surface area contributed by atoms with Crippen LogP contribution < -0.4 is 10.1 Å². The third-order valence-electron chi connectivity index (χ3n) is 2.61. The Morgan fingerprint density at radius 2 is 2.05 bits per heavy atom. The Labute approximate surface area is 118 Å². The second kappa shape index (κ2) is 8.74. The third kappa shape index (κ3) is 5.14. The second-order valence-electron chi connectivity index (χ2n) is 4.04. The van der Waals surface area contributed by atoms with Crippen LogP contribution >= 0.6 is 0 Å². The molecule has 0 spiro atoms. The molecule has 0 aliphatic rings. The molecule has 0 aromatic heterocycles. The second-order valence-corrected chi connectivity index (χ2v) is 4.04. The highest BCUT2D eigenvalue weighted by Crippen LogP contribution is 2.18. The fraction of sp³-hybridized carbons (Fsp3) is 0.333. The number of amides is 1. The lowest BCUT2D eigenvalue weighted by Gasteiger charge is -2.10. The Hall–Kier alpha value is -2.30. The van der Waals surface area contributed by atoms with Crippen LogP contribution in [0.3, 0.4) is 0 Å². The first-order chi connectivity index (χ1) is 9.69. The van der Waals surface area contributed by atoms with Gasteiger partial charge in [0.1, 0.15) is 11.3 Å². The van der Waals surface area contributed by atoms with E-state index in [1.807, 2.05) is 0 Å². The van der Waals surface area contributed by atoms with Crippen LogP contribution in [0.5, 0.6) is 5.75 Å². The summed E-state index contributed by atoms with van der Waals surface area (Å²) < 4.78 is 10.2. The van der Waals surface area contributed by atoms with Gasteiger partial charge in [0.05, 0.1) is 13.7 Å². The van der Waals surface area contributed by atoms with E-state index in [1.54, 1.807) is 24.3 Å². The molecule has 1 amide bonds. The molecule has 0 bridgehead atoms. The fourth-order valence-corrected chi connectivity index (χ4v) is 1.56. The highest BCUT2D eigenvalue weighted by molar-refractivity contribution is 5.92. The highest BCUT2D eigenvalue weighted by atomic mass is 16.5. The smallest absolute Gasteiger partial charge is 0.341 e. The third-order valence-corrected chi connectivity index (χ3v) is 2.61. The molecule has 0 heterocycles. The molecule has 108 valence electrons. The van der Waals surface area contributed by atoms with Crippen LogP contribution in [0, 0.1) is 0 Å². The number of benzene rings is 1. The van der Waals surface area contributed by atoms with Crippen LogP contribution in [0.25, 0.3) is 0 Å². The Morgan fingerprint density at radius 3 is 2.75 bits per heavy atom. The summed E-state index contributed by atoms with van der Waals surface area (Å²) in [7, 11) is 1.33. The number of carbonyl (C=O) groups is 2. The van der Waals surface area contributed by atoms with Gasteiger partial charge >= 0.3 is 5.97 Å². The minimum absolute atomic E-state index is 0.179. The first-order valence-electron chi connectivity index (χ1n) is 6.39. The van der Waals surface area contributed by atoms with Gasteiger partial charge in [-0.1, -0.05) is 18.7 Å². The lowest BCUT2D eigenvalue weighted by Crippen LogP contribution is -2.22. The highest BCUT2D eigenvalue weighted by Gasteiger charge is 2.11. The zero-order valence-electron chi connectivity index (χ0n) is 11.6. The minimum atomic E-state index is -0.418. The number of ether oxygens (including phenoxy) is 2. The summed E-state index contributed by atoms with van der Waals surface area (Å²) in [6, 6.07) is 6.94. The molecule has 0 saturated carbocycles. The number of unbranched alkanes of at least 4 members (excludes halogenated alkanes) is 1. The number of carbonyl (C=O) groups excluding carboxylic acids is 2. The number of nitrogens with one attached hydrogen (secondary N) is 1. The maximum atomic E-state index is 11.5. The van der Waals surface area contributed by atoms with E-state index in [1.165, 1.54) is 13.2 Å². The largest absolute Gasteiger partial charge is 0.493 e. The molecule has 20 heavy (non-hydrogen) atoms. The number of methoxy groups -OCH3 is 1. The molecule has 0 atom stereocenters. The average Bonchev–Trinajstić information content (AvgIpc) is 2.50. The number of hydrogen-bond acceptors (Lipinski definition) is 4. The van der Waals surface area contributed by atoms with E-state index in [-0.39, 0.29) is 5.91 Å². The van der Waals surface area contributed by atoms with Crippen molar-refractivity contribution in [3.8, 4) is 5.75 Å². The van der Waals surface area contributed by atoms with Crippen LogP contribution in [-0.2, 0) is 9.53 Å². The summed E-state index contributed by atoms with van der Waals surface area (Å²) in [5, 5.41) is 2.68. The van der Waals surface area contributed by atoms with Crippen molar-refractivity contribution in [2.45, 2.75) is 12.8 Å². The first-order valence-corrected chi connectivity index (χ1v) is 6.39. The van der Waals surface area contributed by atoms with Gasteiger partial charge in [0, 0.05) is 6.54 Å². The van der Waals surface area contributed by atoms with Crippen LogP contribution in [0.15, 0.2) is 36.9 Å². The molecule has 0 unspecified atom stereocenters. The van der Waals surface area contributed by atoms with E-state index >= 15 is 0 Å². The molecule has 0 aliphatic carbocycles. The summed E-state index contributed by atoms with van der Waals surface area (Å²) in [6.07, 6.45) is 2.80. The van der Waals surface area contributed by atoms with Crippen molar-refractivity contribution in [3.05, 3.63) is 42.5 Å². The monoisotopic (exact) mass is 277 g/mol. The normalized spacial score (nSPS) is 9.65. The molecule has 1 N–H and O–H groups in total. The van der Waals surface area contributed by atoms with Gasteiger partial charge in [0.2, 0.25) is 5.91 Å². The van der Waals surface area contributed by atoms with Gasteiger partial charge in [0.15, 0.2) is 0 Å². The molecule has 0 saturated heterocycles. The van der Waals surface area contributed by atoms with Gasteiger partial charge < -0.3 is 14.8 Å². The van der Waals surface area contributed by atoms with Gasteiger partial charge in [-0.15, -0.1) is 0 Å². The van der Waals surface area contributed by atoms with Crippen molar-refractivity contribution in [2.75, 3.05) is 20.3 Å². The van der Waals surface area contributed by atoms with Crippen molar-refractivity contribution < 1.29 is 19.1 Å². The van der Waals surface area contributed by atoms with Crippen molar-refractivity contribution in [1.29, 1.82) is 0 Å². The van der Waals surface area contributed by atoms with E-state index in [2.05, 4.69) is 16.6 Å². The van der Waals surface area contributed by atoms with Crippen LogP contribution in [0.4, 0.5) is 0 Å². The number of rotatable bonds is 8. The van der Waals surface area contributed by atoms with Crippen molar-refractivity contribution in [2.24, 2.45) is 0 Å². The summed E-state index contributed by atoms with van der Waals surface area (Å²) >= 11 is 0. The molecule has 0 aliphatic heterocycles. The number of hydrogen-bond donors (Lipinski definition) is 1. The molecule has 0 radical (unpaired) electrons. The number of esters is 1. The molecule has 1 rings (SSSR count). The summed E-state index contributed by atoms with van der Waals surface area (Å²) in [6.45, 7) is 4.42. The van der Waals surface area contributed by atoms with Gasteiger partial charge in [-0.25, -0.2) is 4.79 Å².